The molecule has 14 nitrogen and oxygen atoms in total. The number of aryl methyl sites for hydroxylation is 1. The Hall–Kier alpha value is -3.25. The third kappa shape index (κ3) is 14.6. The molecule has 0 bridgehead atoms. The number of benzene rings is 1. The molecule has 376 valence electrons. The number of nitrogens with one attached hydrogen (secondary N) is 1. The number of likely N-dealkylation sites (tertiary alicyclic amines) is 1. The van der Waals surface area contributed by atoms with Gasteiger partial charge in [-0.1, -0.05) is 33.9 Å². The monoisotopic (exact) mass is 1150 g/mol. The fourth-order valence-corrected chi connectivity index (χ4v) is 9.28. The zero-order valence-corrected chi connectivity index (χ0v) is 45.2. The van der Waals surface area contributed by atoms with Crippen LogP contribution in [0.1, 0.15) is 124 Å². The number of aliphatic hydroxyl groups excluding tert-OH is 1. The van der Waals surface area contributed by atoms with Crippen molar-refractivity contribution in [2.24, 2.45) is 17.6 Å². The molecule has 2 aliphatic carbocycles. The van der Waals surface area contributed by atoms with Gasteiger partial charge in [0.15, 0.2) is 0 Å². The fourth-order valence-electron chi connectivity index (χ4n) is 7.67. The Morgan fingerprint density at radius 1 is 1.13 bits per heavy atom. The molecular weight excluding hydrogens is 1080 g/mol. The van der Waals surface area contributed by atoms with E-state index in [0.717, 1.165) is 32.2 Å². The molecule has 2 saturated carbocycles. The topological polar surface area (TPSA) is 211 Å². The predicted octanol–water partition coefficient (Wildman–Crippen LogP) is 6.43. The number of halogens is 3. The summed E-state index contributed by atoms with van der Waals surface area (Å²) in [5.74, 6) is -3.93. The van der Waals surface area contributed by atoms with Gasteiger partial charge in [-0.2, -0.15) is 19.6 Å². The number of primary amides is 1. The van der Waals surface area contributed by atoms with Crippen molar-refractivity contribution in [3.8, 4) is 11.5 Å². The average molecular weight is 1150 g/mol. The molecule has 20 heteroatoms. The van der Waals surface area contributed by atoms with Crippen LogP contribution in [0, 0.1) is 18.8 Å². The molecule has 6 rings (SSSR count). The average Bonchev–Trinajstić information content (AvgIpc) is 4.12. The van der Waals surface area contributed by atoms with Gasteiger partial charge in [-0.15, -0.1) is 0 Å². The minimum absolute atomic E-state index is 0.0197. The van der Waals surface area contributed by atoms with Crippen molar-refractivity contribution in [3.05, 3.63) is 36.4 Å². The summed E-state index contributed by atoms with van der Waals surface area (Å²) < 4.78 is 83.0. The molecule has 67 heavy (non-hydrogen) atoms. The van der Waals surface area contributed by atoms with E-state index in [4.69, 9.17) is 19.9 Å². The van der Waals surface area contributed by atoms with Gasteiger partial charge in [0.2, 0.25) is 0 Å². The van der Waals surface area contributed by atoms with Crippen molar-refractivity contribution in [2.75, 3.05) is 19.8 Å². The molecule has 1 aromatic heterocycles. The molecule has 1 spiro atoms. The van der Waals surface area contributed by atoms with E-state index in [9.17, 15) is 46.2 Å². The number of nitrogens with two attached hydrogens (primary N) is 1. The number of amides is 3. The Kier molecular flexibility index (Phi) is 18.7. The number of carbonyl (C=O) groups is 4. The number of carbonyl (C=O) groups excluding carboxylic acids is 4. The SMILES string of the molecule is CC1(S(=O)[O-])CC1.C[SiH](C)C(C)(C)C.[CH2-]CCCC[C@H](CC(=O)OC(C)(C)C)C(=O)N1C[C@@]2(CCc3c(c(C(F)(F)F)nc4ccc(OCCO)cc34)O2)C[C@H]1C(=O)N[C@]1(C(N)=O)C[C@H]1[CH]=[W]. The number of aliphatic hydroxyl groups is 1. The van der Waals surface area contributed by atoms with Crippen LogP contribution in [0.4, 0.5) is 13.2 Å². The van der Waals surface area contributed by atoms with E-state index in [1.54, 1.807) is 33.8 Å². The number of hydrogen-bond donors (Lipinski definition) is 3. The summed E-state index contributed by atoms with van der Waals surface area (Å²) in [7, 11) is -0.359. The number of pyridine rings is 1. The fraction of sp³-hybridized carbons (Fsp3) is 0.681. The Morgan fingerprint density at radius 3 is 2.25 bits per heavy atom. The van der Waals surface area contributed by atoms with E-state index in [0.29, 0.717) is 35.4 Å². The van der Waals surface area contributed by atoms with Gasteiger partial charge in [0.1, 0.15) is 18.0 Å². The van der Waals surface area contributed by atoms with E-state index >= 15 is 0 Å². The van der Waals surface area contributed by atoms with Crippen LogP contribution in [-0.2, 0) is 66.9 Å². The van der Waals surface area contributed by atoms with Crippen molar-refractivity contribution in [3.63, 3.8) is 0 Å². The van der Waals surface area contributed by atoms with Gasteiger partial charge in [-0.3, -0.25) is 4.21 Å². The van der Waals surface area contributed by atoms with Crippen LogP contribution < -0.4 is 20.5 Å². The van der Waals surface area contributed by atoms with E-state index in [-0.39, 0.29) is 88.8 Å². The number of alkyl halides is 3. The van der Waals surface area contributed by atoms with E-state index < -0.39 is 81.1 Å². The summed E-state index contributed by atoms with van der Waals surface area (Å²) in [6.07, 6.45) is -1.03. The number of unbranched alkanes of at least 4 members (excludes halogenated alkanes) is 2. The van der Waals surface area contributed by atoms with Crippen LogP contribution in [0.2, 0.25) is 18.1 Å². The number of fused-ring (bicyclic) bond motifs is 3. The number of ether oxygens (including phenoxy) is 3. The summed E-state index contributed by atoms with van der Waals surface area (Å²) in [6, 6.07) is 3.18. The first kappa shape index (κ1) is 56.3. The van der Waals surface area contributed by atoms with Gasteiger partial charge in [0.05, 0.1) is 12.1 Å². The molecule has 3 amide bonds. The molecule has 2 aliphatic heterocycles. The van der Waals surface area contributed by atoms with Crippen LogP contribution >= 0.6 is 0 Å². The van der Waals surface area contributed by atoms with Gasteiger partial charge >= 0.3 is 213 Å². The number of hydrogen-bond acceptors (Lipinski definition) is 11. The van der Waals surface area contributed by atoms with Crippen molar-refractivity contribution >= 4 is 58.9 Å². The number of esters is 1. The van der Waals surface area contributed by atoms with Gasteiger partial charge in [0.25, 0.3) is 0 Å². The Bertz CT molecular complexity index is 2160. The molecule has 3 heterocycles. The molecule has 1 aromatic carbocycles. The summed E-state index contributed by atoms with van der Waals surface area (Å²) >= 11 is -0.744. The summed E-state index contributed by atoms with van der Waals surface area (Å²) in [5.41, 5.74) is 1.22. The van der Waals surface area contributed by atoms with Gasteiger partial charge in [-0.05, 0) is 74.9 Å². The Labute approximate surface area is 408 Å². The van der Waals surface area contributed by atoms with Crippen LogP contribution in [0.3, 0.4) is 0 Å². The maximum absolute atomic E-state index is 14.6. The van der Waals surface area contributed by atoms with Crippen LogP contribution in [0.15, 0.2) is 18.2 Å². The zero-order chi connectivity index (χ0) is 50.5. The van der Waals surface area contributed by atoms with Crippen molar-refractivity contribution in [1.82, 2.24) is 15.2 Å². The molecule has 4 N–H and O–H groups in total. The summed E-state index contributed by atoms with van der Waals surface area (Å²) in [5, 5.41) is 13.0. The Balaban J connectivity index is 0.000000600. The Morgan fingerprint density at radius 2 is 1.78 bits per heavy atom. The van der Waals surface area contributed by atoms with Gasteiger partial charge in [0, 0.05) is 13.5 Å². The molecule has 3 fully saturated rings. The summed E-state index contributed by atoms with van der Waals surface area (Å²) in [6.45, 7) is 22.0. The second-order valence-corrected chi connectivity index (χ2v) is 27.3. The molecule has 1 unspecified atom stereocenters. The molecule has 6 atom stereocenters. The van der Waals surface area contributed by atoms with Crippen molar-refractivity contribution in [1.29, 1.82) is 0 Å². The third-order valence-electron chi connectivity index (χ3n) is 13.1. The van der Waals surface area contributed by atoms with Crippen molar-refractivity contribution in [2.45, 2.75) is 171 Å². The number of nitrogens with zero attached hydrogens (tertiary/aromatic N) is 2. The quantitative estimate of drug-likeness (QED) is 0.0582. The molecule has 4 aliphatic rings. The van der Waals surface area contributed by atoms with E-state index in [2.05, 4.69) is 51.1 Å². The molecular formula is C47H69F3N4O10SSiW-2. The normalized spacial score (nSPS) is 23.6. The van der Waals surface area contributed by atoms with Crippen molar-refractivity contribution < 1.29 is 79.8 Å². The van der Waals surface area contributed by atoms with Crippen LogP contribution in [-0.4, -0.2) is 108 Å². The van der Waals surface area contributed by atoms with E-state index in [1.807, 2.05) is 4.40 Å². The second-order valence-electron chi connectivity index (χ2n) is 20.8. The number of rotatable bonds is 15. The zero-order valence-electron chi connectivity index (χ0n) is 40.3. The van der Waals surface area contributed by atoms with Crippen LogP contribution in [0.5, 0.6) is 11.5 Å². The van der Waals surface area contributed by atoms with Gasteiger partial charge < -0.3 is 21.3 Å². The second kappa shape index (κ2) is 22.2. The maximum atomic E-state index is 14.6. The molecule has 2 aromatic rings. The standard InChI is InChI=1S/C37H46F3N4O8.C6H16Si.C4H8O2S.W/c1-6-7-8-9-22(16-28(46)51-34(3,4)5)32(48)44-20-35(19-27(44)31(47)43-36(33(41)49)18-21(36)2)13-12-24-25-17-23(50-15-14-45)10-11-26(25)42-30(29(24)52-35)37(38,39)40;1-6(2,3)7(4)5;1-4(2-3-4)7(5)6;/h2,10-11,17,21-22,27,45H,1,6-9,12-16,18-20H2,3-5H3,(H2,41,49)(H,43,47);7H,1-5H3;2-3H2,1H3,(H,5,6);/q-1;;;/p-1/t21-,22-,27+,35-,36-;;;/m1.../s1. The predicted molar refractivity (Wildman–Crippen MR) is 248 cm³/mol. The first-order valence-corrected chi connectivity index (χ1v) is 28.6. The number of aromatic nitrogens is 1. The first-order valence-electron chi connectivity index (χ1n) is 22.9. The first-order chi connectivity index (χ1) is 31.0. The van der Waals surface area contributed by atoms with Gasteiger partial charge in [-0.25, -0.2) is 0 Å². The van der Waals surface area contributed by atoms with Crippen LogP contribution in [0.25, 0.3) is 10.9 Å². The summed E-state index contributed by atoms with van der Waals surface area (Å²) in [4.78, 5) is 59.5. The molecule has 0 radical (unpaired) electrons. The molecule has 1 saturated heterocycles. The van der Waals surface area contributed by atoms with E-state index in [1.165, 1.54) is 17.0 Å². The third-order valence-corrected chi connectivity index (χ3v) is 18.9. The minimum atomic E-state index is -4.91.